The summed E-state index contributed by atoms with van der Waals surface area (Å²) in [6, 6.07) is 29.7. The van der Waals surface area contributed by atoms with Crippen LogP contribution in [0.2, 0.25) is 0 Å². The van der Waals surface area contributed by atoms with Crippen molar-refractivity contribution in [1.82, 2.24) is 14.5 Å². The molecule has 0 N–H and O–H groups in total. The van der Waals surface area contributed by atoms with Crippen LogP contribution in [0.3, 0.4) is 0 Å². The highest BCUT2D eigenvalue weighted by molar-refractivity contribution is 6.15. The third-order valence-corrected chi connectivity index (χ3v) is 10.6. The van der Waals surface area contributed by atoms with E-state index in [0.29, 0.717) is 0 Å². The molecule has 0 aliphatic heterocycles. The number of aromatic nitrogens is 3. The van der Waals surface area contributed by atoms with Gasteiger partial charge >= 0.3 is 0 Å². The molecule has 0 amide bonds. The van der Waals surface area contributed by atoms with Gasteiger partial charge in [0.25, 0.3) is 0 Å². The fourth-order valence-corrected chi connectivity index (χ4v) is 7.26. The van der Waals surface area contributed by atoms with E-state index in [-0.39, 0.29) is 0 Å². The van der Waals surface area contributed by atoms with Gasteiger partial charge in [-0.05, 0) is 131 Å². The molecule has 0 spiro atoms. The lowest BCUT2D eigenvalue weighted by molar-refractivity contribution is 1.12. The van der Waals surface area contributed by atoms with Crippen LogP contribution in [-0.2, 0) is 0 Å². The molecular formula is C43H41N3. The summed E-state index contributed by atoms with van der Waals surface area (Å²) in [6.07, 6.45) is 0. The standard InChI is InChI=1S/C43H41N3/c1-24-22-35(46-41-31(8)27(4)25(2)29(6)39(41)40-30(7)26(3)28(5)32(9)42(40)46)20-21-36(24)38-23-37(33-16-12-10-13-17-33)44-43(45-38)34-18-14-11-15-19-34/h10-23H,1-9H3. The van der Waals surface area contributed by atoms with E-state index in [4.69, 9.17) is 9.97 Å². The van der Waals surface area contributed by atoms with E-state index >= 15 is 0 Å². The summed E-state index contributed by atoms with van der Waals surface area (Å²) in [5.41, 5.74) is 21.0. The summed E-state index contributed by atoms with van der Waals surface area (Å²) >= 11 is 0. The first-order valence-corrected chi connectivity index (χ1v) is 16.2. The molecule has 5 aromatic carbocycles. The molecular weight excluding hydrogens is 558 g/mol. The Morgan fingerprint density at radius 3 is 1.43 bits per heavy atom. The Hall–Kier alpha value is -5.02. The highest BCUT2D eigenvalue weighted by Gasteiger charge is 2.24. The highest BCUT2D eigenvalue weighted by Crippen LogP contribution is 2.44. The van der Waals surface area contributed by atoms with Gasteiger partial charge in [0, 0.05) is 33.2 Å². The second-order valence-corrected chi connectivity index (χ2v) is 13.0. The minimum absolute atomic E-state index is 0.733. The van der Waals surface area contributed by atoms with Gasteiger partial charge in [-0.2, -0.15) is 0 Å². The van der Waals surface area contributed by atoms with E-state index in [0.717, 1.165) is 33.9 Å². The first kappa shape index (κ1) is 29.7. The lowest BCUT2D eigenvalue weighted by Gasteiger charge is -2.17. The number of fused-ring (bicyclic) bond motifs is 3. The van der Waals surface area contributed by atoms with Crippen molar-refractivity contribution in [3.05, 3.63) is 135 Å². The Balaban J connectivity index is 1.50. The number of benzene rings is 5. The van der Waals surface area contributed by atoms with Crippen LogP contribution in [0.1, 0.15) is 50.1 Å². The van der Waals surface area contributed by atoms with Crippen molar-refractivity contribution in [3.8, 4) is 39.6 Å². The van der Waals surface area contributed by atoms with Crippen LogP contribution in [0.5, 0.6) is 0 Å². The number of hydrogen-bond acceptors (Lipinski definition) is 2. The first-order chi connectivity index (χ1) is 22.1. The van der Waals surface area contributed by atoms with Crippen molar-refractivity contribution < 1.29 is 0 Å². The fraction of sp³-hybridized carbons (Fsp3) is 0.209. The maximum absolute atomic E-state index is 5.13. The zero-order valence-corrected chi connectivity index (χ0v) is 28.4. The van der Waals surface area contributed by atoms with Crippen LogP contribution in [0.25, 0.3) is 61.4 Å². The van der Waals surface area contributed by atoms with Crippen LogP contribution in [0.4, 0.5) is 0 Å². The largest absolute Gasteiger partial charge is 0.309 e. The van der Waals surface area contributed by atoms with Gasteiger partial charge in [-0.3, -0.25) is 0 Å². The second-order valence-electron chi connectivity index (χ2n) is 13.0. The van der Waals surface area contributed by atoms with E-state index < -0.39 is 0 Å². The van der Waals surface area contributed by atoms with Crippen molar-refractivity contribution in [2.24, 2.45) is 0 Å². The Labute approximate surface area is 272 Å². The van der Waals surface area contributed by atoms with Crippen LogP contribution in [-0.4, -0.2) is 14.5 Å². The Kier molecular flexibility index (Phi) is 7.16. The average Bonchev–Trinajstić information content (AvgIpc) is 3.45. The summed E-state index contributed by atoms with van der Waals surface area (Å²) < 4.78 is 2.54. The quantitative estimate of drug-likeness (QED) is 0.201. The van der Waals surface area contributed by atoms with Crippen molar-refractivity contribution in [1.29, 1.82) is 0 Å². The molecule has 2 aromatic heterocycles. The van der Waals surface area contributed by atoms with Crippen LogP contribution in [0.15, 0.2) is 84.9 Å². The smallest absolute Gasteiger partial charge is 0.160 e. The first-order valence-electron chi connectivity index (χ1n) is 16.2. The van der Waals surface area contributed by atoms with Gasteiger partial charge in [-0.15, -0.1) is 0 Å². The van der Waals surface area contributed by atoms with E-state index in [1.54, 1.807) is 0 Å². The Morgan fingerprint density at radius 1 is 0.435 bits per heavy atom. The predicted molar refractivity (Wildman–Crippen MR) is 195 cm³/mol. The van der Waals surface area contributed by atoms with Crippen molar-refractivity contribution in [2.75, 3.05) is 0 Å². The summed E-state index contributed by atoms with van der Waals surface area (Å²) in [4.78, 5) is 10.1. The van der Waals surface area contributed by atoms with E-state index in [1.807, 2.05) is 24.3 Å². The molecule has 3 nitrogen and oxygen atoms in total. The molecule has 0 aliphatic rings. The topological polar surface area (TPSA) is 30.7 Å². The molecule has 7 aromatic rings. The summed E-state index contributed by atoms with van der Waals surface area (Å²) in [5.74, 6) is 0.733. The van der Waals surface area contributed by atoms with Gasteiger partial charge in [-0.25, -0.2) is 9.97 Å². The lowest BCUT2D eigenvalue weighted by atomic mass is 9.90. The molecule has 228 valence electrons. The molecule has 0 aliphatic carbocycles. The molecule has 2 heterocycles. The van der Waals surface area contributed by atoms with Crippen LogP contribution >= 0.6 is 0 Å². The van der Waals surface area contributed by atoms with Crippen LogP contribution < -0.4 is 0 Å². The van der Waals surface area contributed by atoms with E-state index in [2.05, 4.69) is 128 Å². The van der Waals surface area contributed by atoms with Gasteiger partial charge in [0.1, 0.15) is 0 Å². The van der Waals surface area contributed by atoms with Crippen molar-refractivity contribution in [2.45, 2.75) is 62.3 Å². The third-order valence-electron chi connectivity index (χ3n) is 10.6. The maximum atomic E-state index is 5.13. The monoisotopic (exact) mass is 599 g/mol. The number of nitrogens with zero attached hydrogens (tertiary/aromatic N) is 3. The van der Waals surface area contributed by atoms with Gasteiger partial charge in [0.15, 0.2) is 5.82 Å². The molecule has 0 saturated heterocycles. The number of hydrogen-bond donors (Lipinski definition) is 0. The average molecular weight is 600 g/mol. The van der Waals surface area contributed by atoms with Gasteiger partial charge in [-0.1, -0.05) is 66.7 Å². The lowest BCUT2D eigenvalue weighted by Crippen LogP contribution is -2.02. The van der Waals surface area contributed by atoms with E-state index in [1.165, 1.54) is 77.6 Å². The fourth-order valence-electron chi connectivity index (χ4n) is 7.26. The predicted octanol–water partition coefficient (Wildman–Crippen LogP) is 11.4. The molecule has 0 unspecified atom stereocenters. The molecule has 0 saturated carbocycles. The third kappa shape index (κ3) is 4.48. The highest BCUT2D eigenvalue weighted by atomic mass is 15.0. The summed E-state index contributed by atoms with van der Waals surface area (Å²) in [6.45, 7) is 20.5. The molecule has 0 bridgehead atoms. The van der Waals surface area contributed by atoms with Gasteiger partial charge < -0.3 is 4.57 Å². The Bertz CT molecular complexity index is 2190. The van der Waals surface area contributed by atoms with Crippen molar-refractivity contribution >= 4 is 21.8 Å². The molecule has 46 heavy (non-hydrogen) atoms. The number of rotatable bonds is 4. The minimum Gasteiger partial charge on any atom is -0.309 e. The Morgan fingerprint density at radius 2 is 0.913 bits per heavy atom. The molecule has 3 heteroatoms. The summed E-state index contributed by atoms with van der Waals surface area (Å²) in [5, 5.41) is 2.77. The van der Waals surface area contributed by atoms with E-state index in [9.17, 15) is 0 Å². The molecule has 0 radical (unpaired) electrons. The molecule has 0 fully saturated rings. The maximum Gasteiger partial charge on any atom is 0.160 e. The van der Waals surface area contributed by atoms with Crippen molar-refractivity contribution in [3.63, 3.8) is 0 Å². The van der Waals surface area contributed by atoms with Gasteiger partial charge in [0.2, 0.25) is 0 Å². The van der Waals surface area contributed by atoms with Gasteiger partial charge in [0.05, 0.1) is 22.4 Å². The SMILES string of the molecule is Cc1cc(-n2c3c(C)c(C)c(C)c(C)c3c3c(C)c(C)c(C)c(C)c32)ccc1-c1cc(-c2ccccc2)nc(-c2ccccc2)n1. The second kappa shape index (κ2) is 11.1. The minimum atomic E-state index is 0.733. The molecule has 7 rings (SSSR count). The summed E-state index contributed by atoms with van der Waals surface area (Å²) in [7, 11) is 0. The zero-order valence-electron chi connectivity index (χ0n) is 28.4. The molecule has 0 atom stereocenters. The normalized spacial score (nSPS) is 11.6. The van der Waals surface area contributed by atoms with Crippen LogP contribution in [0, 0.1) is 62.3 Å². The number of aryl methyl sites for hydroxylation is 5. The zero-order chi connectivity index (χ0) is 32.4.